The van der Waals surface area contributed by atoms with Crippen molar-refractivity contribution in [3.05, 3.63) is 85.1 Å². The van der Waals surface area contributed by atoms with Crippen molar-refractivity contribution in [1.82, 2.24) is 0 Å². The fourth-order valence-electron chi connectivity index (χ4n) is 7.47. The first-order valence-corrected chi connectivity index (χ1v) is 30.0. The second-order valence-corrected chi connectivity index (χ2v) is 20.2. The summed E-state index contributed by atoms with van der Waals surface area (Å²) >= 11 is 0. The Balaban J connectivity index is 4.70. The zero-order valence-electron chi connectivity index (χ0n) is 45.6. The monoisotopic (exact) mass is 1030 g/mol. The van der Waals surface area contributed by atoms with E-state index in [1.54, 1.807) is 0 Å². The van der Waals surface area contributed by atoms with E-state index in [1.165, 1.54) is 70.6 Å². The minimum atomic E-state index is -4.76. The summed E-state index contributed by atoms with van der Waals surface area (Å²) < 4.78 is 39.4. The van der Waals surface area contributed by atoms with Gasteiger partial charge in [-0.15, -0.1) is 0 Å². The zero-order chi connectivity index (χ0) is 52.7. The average molecular weight is 1030 g/mol. The van der Waals surface area contributed by atoms with Crippen LogP contribution in [0.5, 0.6) is 0 Å². The summed E-state index contributed by atoms with van der Waals surface area (Å²) in [5.74, 6) is -1.51. The first-order valence-electron chi connectivity index (χ1n) is 28.5. The highest BCUT2D eigenvalue weighted by Gasteiger charge is 2.28. The first-order chi connectivity index (χ1) is 35.2. The number of carbonyl (C=O) groups excluding carboxylic acids is 3. The largest absolute Gasteiger partial charge is 0.472 e. The lowest BCUT2D eigenvalue weighted by molar-refractivity contribution is -0.161. The lowest BCUT2D eigenvalue weighted by Crippen LogP contribution is -2.30. The Hall–Kier alpha value is -3.34. The second kappa shape index (κ2) is 53.9. The highest BCUT2D eigenvalue weighted by molar-refractivity contribution is 7.47. The summed E-state index contributed by atoms with van der Waals surface area (Å²) in [6.45, 7) is 4.44. The van der Waals surface area contributed by atoms with Crippen LogP contribution in [0, 0.1) is 0 Å². The van der Waals surface area contributed by atoms with Crippen LogP contribution in [-0.2, 0) is 42.2 Å². The molecular weight excluding hydrogens is 928 g/mol. The fraction of sp³-hybridized carbons (Fsp3) is 0.717. The molecule has 0 bridgehead atoms. The molecule has 0 radical (unpaired) electrons. The number of rotatable bonds is 52. The van der Waals surface area contributed by atoms with Gasteiger partial charge in [-0.1, -0.05) is 209 Å². The Morgan fingerprint density at radius 1 is 0.403 bits per heavy atom. The SMILES string of the molecule is CC/C=C\C/C=C\C/C=C\C/C=C\C/C=C\CCCCCC(=O)OC(COC(=O)CCCCCCCCCCC)COP(=O)(O)OCC(CO)OC(=O)CCCCCCCCC/C=C\C/C=C\CCCCC. The van der Waals surface area contributed by atoms with Gasteiger partial charge in [-0.2, -0.15) is 0 Å². The molecule has 0 aromatic rings. The molecule has 0 aromatic heterocycles. The lowest BCUT2D eigenvalue weighted by Gasteiger charge is -2.21. The van der Waals surface area contributed by atoms with E-state index in [4.69, 9.17) is 23.3 Å². The molecule has 0 saturated heterocycles. The Morgan fingerprint density at radius 2 is 0.722 bits per heavy atom. The molecule has 0 aliphatic rings. The van der Waals surface area contributed by atoms with E-state index >= 15 is 0 Å². The van der Waals surface area contributed by atoms with Gasteiger partial charge in [0.15, 0.2) is 6.10 Å². The normalized spacial score (nSPS) is 14.0. The Kier molecular flexibility index (Phi) is 51.4. The van der Waals surface area contributed by atoms with Crippen molar-refractivity contribution in [1.29, 1.82) is 0 Å². The maximum atomic E-state index is 12.9. The molecule has 11 nitrogen and oxygen atoms in total. The summed E-state index contributed by atoms with van der Waals surface area (Å²) in [5.41, 5.74) is 0. The van der Waals surface area contributed by atoms with Crippen molar-refractivity contribution in [2.24, 2.45) is 0 Å². The van der Waals surface area contributed by atoms with Gasteiger partial charge in [0.1, 0.15) is 12.7 Å². The molecule has 3 unspecified atom stereocenters. The first kappa shape index (κ1) is 68.7. The van der Waals surface area contributed by atoms with Crippen molar-refractivity contribution >= 4 is 25.7 Å². The Labute approximate surface area is 439 Å². The van der Waals surface area contributed by atoms with Crippen molar-refractivity contribution in [3.8, 4) is 0 Å². The van der Waals surface area contributed by atoms with Crippen LogP contribution in [0.3, 0.4) is 0 Å². The molecule has 0 rings (SSSR count). The van der Waals surface area contributed by atoms with Crippen LogP contribution < -0.4 is 0 Å². The Morgan fingerprint density at radius 3 is 1.15 bits per heavy atom. The third kappa shape index (κ3) is 51.6. The van der Waals surface area contributed by atoms with Gasteiger partial charge >= 0.3 is 25.7 Å². The van der Waals surface area contributed by atoms with Gasteiger partial charge in [0.25, 0.3) is 0 Å². The van der Waals surface area contributed by atoms with Crippen LogP contribution in [0.1, 0.15) is 239 Å². The van der Waals surface area contributed by atoms with Crippen molar-refractivity contribution in [2.45, 2.75) is 251 Å². The molecule has 3 atom stereocenters. The topological polar surface area (TPSA) is 155 Å². The minimum Gasteiger partial charge on any atom is -0.462 e. The molecule has 12 heteroatoms. The number of carbonyl (C=O) groups is 3. The number of ether oxygens (including phenoxy) is 3. The van der Waals surface area contributed by atoms with Crippen LogP contribution in [0.15, 0.2) is 85.1 Å². The van der Waals surface area contributed by atoms with E-state index < -0.39 is 57.8 Å². The number of aliphatic hydroxyl groups is 1. The van der Waals surface area contributed by atoms with E-state index in [2.05, 4.69) is 106 Å². The molecule has 0 fully saturated rings. The summed E-state index contributed by atoms with van der Waals surface area (Å²) in [7, 11) is -4.76. The lowest BCUT2D eigenvalue weighted by atomic mass is 10.1. The van der Waals surface area contributed by atoms with Gasteiger partial charge in [-0.25, -0.2) is 4.57 Å². The molecule has 0 aliphatic heterocycles. The highest BCUT2D eigenvalue weighted by atomic mass is 31.2. The fourth-order valence-corrected chi connectivity index (χ4v) is 8.25. The molecular formula is C60H103O11P. The summed E-state index contributed by atoms with van der Waals surface area (Å²) in [4.78, 5) is 48.4. The Bertz CT molecular complexity index is 1530. The predicted octanol–water partition coefficient (Wildman–Crippen LogP) is 16.7. The molecule has 72 heavy (non-hydrogen) atoms. The smallest absolute Gasteiger partial charge is 0.462 e. The van der Waals surface area contributed by atoms with E-state index in [-0.39, 0.29) is 25.9 Å². The molecule has 0 aliphatic carbocycles. The van der Waals surface area contributed by atoms with E-state index in [1.807, 2.05) is 0 Å². The number of phosphoric acid groups is 1. The van der Waals surface area contributed by atoms with Crippen molar-refractivity contribution in [3.63, 3.8) is 0 Å². The minimum absolute atomic E-state index is 0.126. The zero-order valence-corrected chi connectivity index (χ0v) is 46.5. The van der Waals surface area contributed by atoms with Crippen LogP contribution in [0.25, 0.3) is 0 Å². The van der Waals surface area contributed by atoms with Gasteiger partial charge in [0.2, 0.25) is 0 Å². The van der Waals surface area contributed by atoms with Crippen LogP contribution in [-0.4, -0.2) is 66.5 Å². The summed E-state index contributed by atoms with van der Waals surface area (Å²) in [6, 6.07) is 0. The van der Waals surface area contributed by atoms with Crippen LogP contribution in [0.4, 0.5) is 0 Å². The summed E-state index contributed by atoms with van der Waals surface area (Å²) in [5, 5.41) is 9.81. The average Bonchev–Trinajstić information content (AvgIpc) is 3.37. The maximum Gasteiger partial charge on any atom is 0.472 e. The maximum absolute atomic E-state index is 12.9. The van der Waals surface area contributed by atoms with Gasteiger partial charge in [0, 0.05) is 19.3 Å². The second-order valence-electron chi connectivity index (χ2n) is 18.7. The van der Waals surface area contributed by atoms with Gasteiger partial charge in [-0.3, -0.25) is 23.4 Å². The van der Waals surface area contributed by atoms with Crippen LogP contribution in [0.2, 0.25) is 0 Å². The summed E-state index contributed by atoms with van der Waals surface area (Å²) in [6.07, 6.45) is 61.2. The number of unbranched alkanes of at least 4 members (excludes halogenated alkanes) is 21. The number of phosphoric ester groups is 1. The van der Waals surface area contributed by atoms with Gasteiger partial charge < -0.3 is 24.2 Å². The highest BCUT2D eigenvalue weighted by Crippen LogP contribution is 2.43. The molecule has 0 heterocycles. The van der Waals surface area contributed by atoms with E-state index in [9.17, 15) is 28.9 Å². The standard InChI is InChI=1S/C60H103O11P/c1-4-7-10-13-16-19-21-23-25-27-28-30-32-34-36-39-42-45-48-51-60(64)71-57(53-67-58(62)49-46-43-40-37-18-15-12-9-6-3)55-69-72(65,66)68-54-56(52-61)70-59(63)50-47-44-41-38-35-33-31-29-26-24-22-20-17-14-11-8-5-2/h7,10,16-17,19-20,23-26,28,30,34,36,56-57,61H,4-6,8-9,11-15,18,21-22,27,29,31-33,35,37-55H2,1-3H3,(H,65,66)/b10-7-,19-16-,20-17-,25-23-,26-24-,30-28-,36-34-. The van der Waals surface area contributed by atoms with Crippen LogP contribution >= 0.6 is 7.82 Å². The molecule has 0 spiro atoms. The third-order valence-electron chi connectivity index (χ3n) is 11.8. The number of esters is 3. The van der Waals surface area contributed by atoms with E-state index in [0.717, 1.165) is 109 Å². The quantitative estimate of drug-likeness (QED) is 0.0197. The molecule has 2 N–H and O–H groups in total. The molecule has 0 saturated carbocycles. The molecule has 0 amide bonds. The predicted molar refractivity (Wildman–Crippen MR) is 298 cm³/mol. The van der Waals surface area contributed by atoms with Crippen molar-refractivity contribution in [2.75, 3.05) is 26.4 Å². The number of hydrogen-bond donors (Lipinski definition) is 2. The van der Waals surface area contributed by atoms with Crippen molar-refractivity contribution < 1.29 is 52.2 Å². The number of hydrogen-bond acceptors (Lipinski definition) is 10. The molecule has 0 aromatic carbocycles. The van der Waals surface area contributed by atoms with Gasteiger partial charge in [0.05, 0.1) is 19.8 Å². The number of aliphatic hydroxyl groups excluding tert-OH is 1. The van der Waals surface area contributed by atoms with E-state index in [0.29, 0.717) is 19.3 Å². The third-order valence-corrected chi connectivity index (χ3v) is 12.8. The molecule has 414 valence electrons. The number of allylic oxidation sites excluding steroid dienone is 14. The van der Waals surface area contributed by atoms with Gasteiger partial charge in [-0.05, 0) is 96.3 Å².